The second-order valence-electron chi connectivity index (χ2n) is 7.85. The standard InChI is InChI=1S/C24H29N3O2S2/c1-4-26-10-12-27(13-11-26)24-23-20(9-14-30-23)15-22(25-24)19-5-7-21(8-6-19)31-16-17(2)29-18(3)28/h5-9,14-15,17H,4,10-13,16H2,1-3H3/t17-/m1/s1. The van der Waals surface area contributed by atoms with Crippen LogP contribution in [0.4, 0.5) is 5.82 Å². The molecule has 0 amide bonds. The Morgan fingerprint density at radius 3 is 2.61 bits per heavy atom. The number of fused-ring (bicyclic) bond motifs is 1. The predicted octanol–water partition coefficient (Wildman–Crippen LogP) is 5.15. The summed E-state index contributed by atoms with van der Waals surface area (Å²) < 4.78 is 6.48. The van der Waals surface area contributed by atoms with E-state index in [2.05, 4.69) is 58.5 Å². The number of benzene rings is 1. The Labute approximate surface area is 192 Å². The quantitative estimate of drug-likeness (QED) is 0.363. The number of hydrogen-bond acceptors (Lipinski definition) is 7. The van der Waals surface area contributed by atoms with Crippen LogP contribution in [0.5, 0.6) is 0 Å². The van der Waals surface area contributed by atoms with Gasteiger partial charge in [0.1, 0.15) is 11.9 Å². The normalized spacial score (nSPS) is 15.9. The molecule has 0 bridgehead atoms. The van der Waals surface area contributed by atoms with Crippen LogP contribution < -0.4 is 4.90 Å². The van der Waals surface area contributed by atoms with Gasteiger partial charge in [-0.3, -0.25) is 4.79 Å². The summed E-state index contributed by atoms with van der Waals surface area (Å²) in [4.78, 5) is 22.3. The van der Waals surface area contributed by atoms with Gasteiger partial charge in [0, 0.05) is 49.3 Å². The number of pyridine rings is 1. The molecule has 3 heterocycles. The number of carbonyl (C=O) groups is 1. The summed E-state index contributed by atoms with van der Waals surface area (Å²) in [5.74, 6) is 1.63. The molecule has 4 rings (SSSR count). The van der Waals surface area contributed by atoms with E-state index in [0.717, 1.165) is 60.4 Å². The number of carbonyl (C=O) groups excluding carboxylic acids is 1. The van der Waals surface area contributed by atoms with E-state index in [0.29, 0.717) is 0 Å². The third-order valence-electron chi connectivity index (χ3n) is 5.54. The number of piperazine rings is 1. The molecule has 1 aliphatic rings. The fourth-order valence-electron chi connectivity index (χ4n) is 3.85. The van der Waals surface area contributed by atoms with Crippen molar-refractivity contribution >= 4 is 45.0 Å². The van der Waals surface area contributed by atoms with Gasteiger partial charge in [-0.2, -0.15) is 0 Å². The smallest absolute Gasteiger partial charge is 0.302 e. The number of esters is 1. The molecule has 1 aromatic carbocycles. The second kappa shape index (κ2) is 10.0. The Kier molecular flexibility index (Phi) is 7.15. The highest BCUT2D eigenvalue weighted by molar-refractivity contribution is 7.99. The maximum Gasteiger partial charge on any atom is 0.302 e. The molecule has 0 spiro atoms. The highest BCUT2D eigenvalue weighted by Gasteiger charge is 2.20. The summed E-state index contributed by atoms with van der Waals surface area (Å²) >= 11 is 3.47. The van der Waals surface area contributed by atoms with E-state index in [9.17, 15) is 4.79 Å². The van der Waals surface area contributed by atoms with Gasteiger partial charge in [0.15, 0.2) is 0 Å². The van der Waals surface area contributed by atoms with Gasteiger partial charge in [-0.15, -0.1) is 23.1 Å². The first kappa shape index (κ1) is 22.1. The first-order chi connectivity index (χ1) is 15.0. The molecule has 2 aromatic heterocycles. The van der Waals surface area contributed by atoms with Crippen molar-refractivity contribution in [1.82, 2.24) is 9.88 Å². The zero-order valence-electron chi connectivity index (χ0n) is 18.3. The fourth-order valence-corrected chi connectivity index (χ4v) is 5.57. The van der Waals surface area contributed by atoms with Crippen LogP contribution in [0.2, 0.25) is 0 Å². The highest BCUT2D eigenvalue weighted by atomic mass is 32.2. The van der Waals surface area contributed by atoms with Crippen molar-refractivity contribution in [2.24, 2.45) is 0 Å². The largest absolute Gasteiger partial charge is 0.462 e. The first-order valence-corrected chi connectivity index (χ1v) is 12.7. The van der Waals surface area contributed by atoms with E-state index >= 15 is 0 Å². The van der Waals surface area contributed by atoms with E-state index in [-0.39, 0.29) is 12.1 Å². The summed E-state index contributed by atoms with van der Waals surface area (Å²) in [5, 5.41) is 3.42. The molecule has 0 unspecified atom stereocenters. The van der Waals surface area contributed by atoms with Crippen molar-refractivity contribution < 1.29 is 9.53 Å². The van der Waals surface area contributed by atoms with E-state index < -0.39 is 0 Å². The van der Waals surface area contributed by atoms with Gasteiger partial charge < -0.3 is 14.5 Å². The van der Waals surface area contributed by atoms with E-state index in [1.165, 1.54) is 17.0 Å². The monoisotopic (exact) mass is 455 g/mol. The molecule has 1 aliphatic heterocycles. The number of ether oxygens (including phenoxy) is 1. The number of thiophene rings is 1. The highest BCUT2D eigenvalue weighted by Crippen LogP contribution is 2.34. The summed E-state index contributed by atoms with van der Waals surface area (Å²) in [7, 11) is 0. The lowest BCUT2D eigenvalue weighted by Gasteiger charge is -2.35. The summed E-state index contributed by atoms with van der Waals surface area (Å²) in [5.41, 5.74) is 2.14. The molecule has 0 radical (unpaired) electrons. The zero-order chi connectivity index (χ0) is 21.8. The molecule has 1 saturated heterocycles. The fraction of sp³-hybridized carbons (Fsp3) is 0.417. The SMILES string of the molecule is CCN1CCN(c2nc(-c3ccc(SC[C@@H](C)OC(C)=O)cc3)cc3ccsc23)CC1. The minimum Gasteiger partial charge on any atom is -0.462 e. The molecule has 7 heteroatoms. The number of anilines is 1. The van der Waals surface area contributed by atoms with Crippen LogP contribution in [0.15, 0.2) is 46.7 Å². The van der Waals surface area contributed by atoms with Crippen molar-refractivity contribution in [3.63, 3.8) is 0 Å². The summed E-state index contributed by atoms with van der Waals surface area (Å²) in [6.07, 6.45) is -0.0967. The maximum absolute atomic E-state index is 11.1. The van der Waals surface area contributed by atoms with Gasteiger partial charge in [0.25, 0.3) is 0 Å². The lowest BCUT2D eigenvalue weighted by molar-refractivity contribution is -0.144. The summed E-state index contributed by atoms with van der Waals surface area (Å²) in [6.45, 7) is 10.9. The molecule has 5 nitrogen and oxygen atoms in total. The van der Waals surface area contributed by atoms with Gasteiger partial charge in [0.05, 0.1) is 10.4 Å². The van der Waals surface area contributed by atoms with Crippen LogP contribution in [-0.4, -0.2) is 60.4 Å². The zero-order valence-corrected chi connectivity index (χ0v) is 20.0. The summed E-state index contributed by atoms with van der Waals surface area (Å²) in [6, 6.07) is 12.9. The van der Waals surface area contributed by atoms with E-state index in [4.69, 9.17) is 9.72 Å². The number of likely N-dealkylation sites (N-methyl/N-ethyl adjacent to an activating group) is 1. The molecular formula is C24H29N3O2S2. The van der Waals surface area contributed by atoms with E-state index in [1.54, 1.807) is 23.1 Å². The molecule has 0 saturated carbocycles. The first-order valence-electron chi connectivity index (χ1n) is 10.8. The van der Waals surface area contributed by atoms with Gasteiger partial charge in [0.2, 0.25) is 0 Å². The van der Waals surface area contributed by atoms with Crippen molar-refractivity contribution in [3.05, 3.63) is 41.8 Å². The third kappa shape index (κ3) is 5.40. The lowest BCUT2D eigenvalue weighted by Crippen LogP contribution is -2.46. The average molecular weight is 456 g/mol. The molecule has 1 atom stereocenters. The van der Waals surface area contributed by atoms with Crippen LogP contribution in [0.1, 0.15) is 20.8 Å². The minimum atomic E-state index is -0.231. The van der Waals surface area contributed by atoms with Crippen molar-refractivity contribution in [3.8, 4) is 11.3 Å². The Hall–Kier alpha value is -2.09. The topological polar surface area (TPSA) is 45.7 Å². The Morgan fingerprint density at radius 2 is 1.94 bits per heavy atom. The molecule has 0 aliphatic carbocycles. The molecular weight excluding hydrogens is 426 g/mol. The predicted molar refractivity (Wildman–Crippen MR) is 131 cm³/mol. The molecule has 0 N–H and O–H groups in total. The van der Waals surface area contributed by atoms with Crippen molar-refractivity contribution in [1.29, 1.82) is 0 Å². The van der Waals surface area contributed by atoms with Crippen LogP contribution >= 0.6 is 23.1 Å². The molecule has 3 aromatic rings. The Balaban J connectivity index is 1.52. The molecule has 1 fully saturated rings. The number of nitrogens with zero attached hydrogens (tertiary/aromatic N) is 3. The number of thioether (sulfide) groups is 1. The van der Waals surface area contributed by atoms with Gasteiger partial charge in [-0.25, -0.2) is 4.98 Å². The van der Waals surface area contributed by atoms with Gasteiger partial charge in [-0.1, -0.05) is 19.1 Å². The van der Waals surface area contributed by atoms with Crippen LogP contribution in [0.3, 0.4) is 0 Å². The maximum atomic E-state index is 11.1. The van der Waals surface area contributed by atoms with Crippen LogP contribution in [0, 0.1) is 0 Å². The van der Waals surface area contributed by atoms with Gasteiger partial charge in [-0.05, 0) is 48.5 Å². The minimum absolute atomic E-state index is 0.0967. The second-order valence-corrected chi connectivity index (χ2v) is 9.86. The Morgan fingerprint density at radius 1 is 1.19 bits per heavy atom. The van der Waals surface area contributed by atoms with Crippen LogP contribution in [-0.2, 0) is 9.53 Å². The lowest BCUT2D eigenvalue weighted by atomic mass is 10.1. The number of hydrogen-bond donors (Lipinski definition) is 0. The average Bonchev–Trinajstić information content (AvgIpc) is 3.26. The number of rotatable bonds is 7. The Bertz CT molecular complexity index is 1030. The van der Waals surface area contributed by atoms with Gasteiger partial charge >= 0.3 is 5.97 Å². The third-order valence-corrected chi connectivity index (χ3v) is 7.71. The van der Waals surface area contributed by atoms with Crippen LogP contribution in [0.25, 0.3) is 21.3 Å². The number of aromatic nitrogens is 1. The van der Waals surface area contributed by atoms with Crippen molar-refractivity contribution in [2.75, 3.05) is 43.4 Å². The molecule has 164 valence electrons. The molecule has 31 heavy (non-hydrogen) atoms. The van der Waals surface area contributed by atoms with Crippen molar-refractivity contribution in [2.45, 2.75) is 31.8 Å². The van der Waals surface area contributed by atoms with E-state index in [1.807, 2.05) is 6.92 Å².